The van der Waals surface area contributed by atoms with E-state index >= 15 is 0 Å². The van der Waals surface area contributed by atoms with E-state index < -0.39 is 17.1 Å². The van der Waals surface area contributed by atoms with Crippen LogP contribution in [-0.4, -0.2) is 50.2 Å². The maximum absolute atomic E-state index is 11.9. The molecule has 0 radical (unpaired) electrons. The molecule has 1 rings (SSSR count). The quantitative estimate of drug-likeness (QED) is 0.782. The van der Waals surface area contributed by atoms with E-state index in [2.05, 4.69) is 34.6 Å². The van der Waals surface area contributed by atoms with Crippen LogP contribution < -0.4 is 5.32 Å². The lowest BCUT2D eigenvalue weighted by Crippen LogP contribution is -2.44. The Morgan fingerprint density at radius 3 is 2.48 bits per heavy atom. The molecule has 1 aromatic heterocycles. The molecule has 0 aliphatic carbocycles. The van der Waals surface area contributed by atoms with E-state index in [4.69, 9.17) is 4.74 Å². The van der Waals surface area contributed by atoms with Gasteiger partial charge in [0, 0.05) is 18.4 Å². The fourth-order valence-corrected chi connectivity index (χ4v) is 2.55. The van der Waals surface area contributed by atoms with Crippen LogP contribution in [0.4, 0.5) is 4.79 Å². The predicted octanol–water partition coefficient (Wildman–Crippen LogP) is 1.30. The van der Waals surface area contributed by atoms with Crippen molar-refractivity contribution in [2.24, 2.45) is 18.4 Å². The Hall–Kier alpha value is -1.70. The van der Waals surface area contributed by atoms with E-state index in [1.54, 1.807) is 7.05 Å². The summed E-state index contributed by atoms with van der Waals surface area (Å²) in [5.74, 6) is 0.896. The number of hydrogen-bond donors (Lipinski definition) is 2. The minimum Gasteiger partial charge on any atom is -0.444 e. The molecule has 0 saturated heterocycles. The molecule has 1 heterocycles. The molecule has 0 aromatic carbocycles. The Bertz CT molecular complexity index is 509. The van der Waals surface area contributed by atoms with Gasteiger partial charge in [-0.25, -0.2) is 4.79 Å². The molecule has 1 aromatic rings. The van der Waals surface area contributed by atoms with Gasteiger partial charge < -0.3 is 15.2 Å². The van der Waals surface area contributed by atoms with Crippen LogP contribution >= 0.6 is 0 Å². The number of aliphatic hydroxyl groups is 1. The lowest BCUT2D eigenvalue weighted by molar-refractivity contribution is 0.0437. The second-order valence-corrected chi connectivity index (χ2v) is 7.48. The number of ether oxygens (including phenoxy) is 1. The number of nitrogens with one attached hydrogen (secondary N) is 1. The summed E-state index contributed by atoms with van der Waals surface area (Å²) in [7, 11) is 1.69. The standard InChI is InChI=1S/C15H29N5O3/c1-11(2)7-15(10-21,8-12-17-19-20(6)18-12)9-16-13(22)23-14(3,4)5/h11,21H,7-10H2,1-6H3,(H,16,22). The lowest BCUT2D eigenvalue weighted by Gasteiger charge is -2.33. The number of rotatable bonds is 7. The van der Waals surface area contributed by atoms with Gasteiger partial charge in [0.1, 0.15) is 5.60 Å². The van der Waals surface area contributed by atoms with E-state index in [0.29, 0.717) is 18.2 Å². The van der Waals surface area contributed by atoms with Gasteiger partial charge in [0.15, 0.2) is 5.82 Å². The van der Waals surface area contributed by atoms with E-state index in [0.717, 1.165) is 6.42 Å². The molecule has 0 aliphatic rings. The van der Waals surface area contributed by atoms with E-state index in [9.17, 15) is 9.90 Å². The third-order valence-electron chi connectivity index (χ3n) is 3.27. The first kappa shape index (κ1) is 19.3. The first-order valence-corrected chi connectivity index (χ1v) is 7.86. The van der Waals surface area contributed by atoms with Crippen molar-refractivity contribution in [1.29, 1.82) is 0 Å². The number of carbonyl (C=O) groups is 1. The van der Waals surface area contributed by atoms with Crippen LogP contribution in [0.3, 0.4) is 0 Å². The molecule has 8 nitrogen and oxygen atoms in total. The number of aromatic nitrogens is 4. The topological polar surface area (TPSA) is 102 Å². The molecule has 132 valence electrons. The van der Waals surface area contributed by atoms with Gasteiger partial charge >= 0.3 is 6.09 Å². The summed E-state index contributed by atoms with van der Waals surface area (Å²) in [5, 5.41) is 24.7. The maximum Gasteiger partial charge on any atom is 0.407 e. The fourth-order valence-electron chi connectivity index (χ4n) is 2.55. The molecule has 0 aliphatic heterocycles. The van der Waals surface area contributed by atoms with Crippen molar-refractivity contribution >= 4 is 6.09 Å². The monoisotopic (exact) mass is 327 g/mol. The molecular formula is C15H29N5O3. The summed E-state index contributed by atoms with van der Waals surface area (Å²) in [6, 6.07) is 0. The van der Waals surface area contributed by atoms with Gasteiger partial charge in [-0.05, 0) is 38.3 Å². The van der Waals surface area contributed by atoms with Crippen LogP contribution in [0.5, 0.6) is 0 Å². The maximum atomic E-state index is 11.9. The Kier molecular flexibility index (Phi) is 6.49. The molecule has 23 heavy (non-hydrogen) atoms. The summed E-state index contributed by atoms with van der Waals surface area (Å²) >= 11 is 0. The Balaban J connectivity index is 2.80. The molecule has 1 atom stereocenters. The van der Waals surface area contributed by atoms with Gasteiger partial charge in [0.2, 0.25) is 0 Å². The van der Waals surface area contributed by atoms with E-state index in [-0.39, 0.29) is 13.2 Å². The highest BCUT2D eigenvalue weighted by Crippen LogP contribution is 2.29. The largest absolute Gasteiger partial charge is 0.444 e. The molecule has 1 unspecified atom stereocenters. The molecular weight excluding hydrogens is 298 g/mol. The van der Waals surface area contributed by atoms with Crippen LogP contribution in [0.15, 0.2) is 0 Å². The number of carbonyl (C=O) groups excluding carboxylic acids is 1. The summed E-state index contributed by atoms with van der Waals surface area (Å²) in [6.45, 7) is 9.77. The SMILES string of the molecule is CC(C)CC(CO)(CNC(=O)OC(C)(C)C)Cc1nnn(C)n1. The average Bonchev–Trinajstić information content (AvgIpc) is 2.78. The highest BCUT2D eigenvalue weighted by atomic mass is 16.6. The third kappa shape index (κ3) is 6.94. The summed E-state index contributed by atoms with van der Waals surface area (Å²) in [4.78, 5) is 13.3. The molecule has 8 heteroatoms. The van der Waals surface area contributed by atoms with Gasteiger partial charge in [0.25, 0.3) is 0 Å². The first-order valence-electron chi connectivity index (χ1n) is 7.86. The number of nitrogens with zero attached hydrogens (tertiary/aromatic N) is 4. The molecule has 1 amide bonds. The average molecular weight is 327 g/mol. The normalized spacial score (nSPS) is 14.6. The molecule has 0 bridgehead atoms. The van der Waals surface area contributed by atoms with Crippen molar-refractivity contribution in [2.75, 3.05) is 13.2 Å². The number of alkyl carbamates (subject to hydrolysis) is 1. The van der Waals surface area contributed by atoms with Crippen molar-refractivity contribution in [3.63, 3.8) is 0 Å². The minimum atomic E-state index is -0.559. The van der Waals surface area contributed by atoms with Crippen molar-refractivity contribution in [1.82, 2.24) is 25.5 Å². The van der Waals surface area contributed by atoms with Crippen LogP contribution in [-0.2, 0) is 18.2 Å². The summed E-state index contributed by atoms with van der Waals surface area (Å²) in [5.41, 5.74) is -1.11. The van der Waals surface area contributed by atoms with Crippen molar-refractivity contribution < 1.29 is 14.6 Å². The van der Waals surface area contributed by atoms with E-state index in [1.807, 2.05) is 20.8 Å². The molecule has 2 N–H and O–H groups in total. The fraction of sp³-hybridized carbons (Fsp3) is 0.867. The Labute approximate surface area is 137 Å². The summed E-state index contributed by atoms with van der Waals surface area (Å²) in [6.07, 6.45) is 0.661. The Morgan fingerprint density at radius 1 is 1.39 bits per heavy atom. The third-order valence-corrected chi connectivity index (χ3v) is 3.27. The van der Waals surface area contributed by atoms with Gasteiger partial charge in [-0.1, -0.05) is 13.8 Å². The zero-order valence-electron chi connectivity index (χ0n) is 15.0. The second-order valence-electron chi connectivity index (χ2n) is 7.48. The van der Waals surface area contributed by atoms with Crippen LogP contribution in [0.2, 0.25) is 0 Å². The number of hydrogen-bond acceptors (Lipinski definition) is 6. The van der Waals surface area contributed by atoms with Crippen LogP contribution in [0.25, 0.3) is 0 Å². The predicted molar refractivity (Wildman–Crippen MR) is 85.7 cm³/mol. The van der Waals surface area contributed by atoms with Gasteiger partial charge in [0.05, 0.1) is 13.7 Å². The highest BCUT2D eigenvalue weighted by molar-refractivity contribution is 5.67. The van der Waals surface area contributed by atoms with Gasteiger partial charge in [-0.3, -0.25) is 0 Å². The number of aliphatic hydroxyl groups excluding tert-OH is 1. The summed E-state index contributed by atoms with van der Waals surface area (Å²) < 4.78 is 5.26. The molecule has 0 saturated carbocycles. The van der Waals surface area contributed by atoms with Gasteiger partial charge in [-0.2, -0.15) is 4.80 Å². The Morgan fingerprint density at radius 2 is 2.04 bits per heavy atom. The number of amides is 1. The van der Waals surface area contributed by atoms with E-state index in [1.165, 1.54) is 4.80 Å². The zero-order chi connectivity index (χ0) is 17.7. The highest BCUT2D eigenvalue weighted by Gasteiger charge is 2.33. The number of tetrazole rings is 1. The molecule has 0 fully saturated rings. The van der Waals surface area contributed by atoms with Crippen LogP contribution in [0, 0.1) is 11.3 Å². The van der Waals surface area contributed by atoms with Crippen molar-refractivity contribution in [2.45, 2.75) is 53.1 Å². The number of aryl methyl sites for hydroxylation is 1. The second kappa shape index (κ2) is 7.72. The lowest BCUT2D eigenvalue weighted by atomic mass is 9.77. The van der Waals surface area contributed by atoms with Gasteiger partial charge in [-0.15, -0.1) is 10.2 Å². The zero-order valence-corrected chi connectivity index (χ0v) is 15.0. The minimum absolute atomic E-state index is 0.0841. The molecule has 0 spiro atoms. The van der Waals surface area contributed by atoms with Crippen molar-refractivity contribution in [3.05, 3.63) is 5.82 Å². The smallest absolute Gasteiger partial charge is 0.407 e. The van der Waals surface area contributed by atoms with Crippen molar-refractivity contribution in [3.8, 4) is 0 Å². The first-order chi connectivity index (χ1) is 10.6. The van der Waals surface area contributed by atoms with Crippen LogP contribution in [0.1, 0.15) is 46.9 Å².